The summed E-state index contributed by atoms with van der Waals surface area (Å²) in [5.41, 5.74) is 6.29. The molecule has 0 saturated carbocycles. The summed E-state index contributed by atoms with van der Waals surface area (Å²) in [5, 5.41) is 0.641. The Kier molecular flexibility index (Phi) is 2.32. The van der Waals surface area contributed by atoms with Crippen LogP contribution in [0, 0.1) is 0 Å². The van der Waals surface area contributed by atoms with Crippen LogP contribution in [0.25, 0.3) is 0 Å². The van der Waals surface area contributed by atoms with Gasteiger partial charge in [-0.3, -0.25) is 4.79 Å². The smallest absolute Gasteiger partial charge is 0.181 e. The largest absolute Gasteiger partial charge is 0.321 e. The van der Waals surface area contributed by atoms with Crippen molar-refractivity contribution >= 4 is 29.1 Å². The fraction of sp³-hybridized carbons (Fsp3) is 0.222. The second-order valence-corrected chi connectivity index (χ2v) is 4.34. The standard InChI is InChI=1S/C9H8ClNOS/c10-6-3-1-2-5-8(12)7(11)4-13-9(5)6/h1-3,7H,4,11H2. The fourth-order valence-corrected chi connectivity index (χ4v) is 2.66. The third kappa shape index (κ3) is 1.47. The van der Waals surface area contributed by atoms with E-state index in [9.17, 15) is 4.79 Å². The quantitative estimate of drug-likeness (QED) is 0.717. The first kappa shape index (κ1) is 9.06. The van der Waals surface area contributed by atoms with Gasteiger partial charge in [0.05, 0.1) is 11.1 Å². The summed E-state index contributed by atoms with van der Waals surface area (Å²) < 4.78 is 0. The van der Waals surface area contributed by atoms with Crippen LogP contribution in [0.1, 0.15) is 10.4 Å². The number of hydrogen-bond donors (Lipinski definition) is 1. The lowest BCUT2D eigenvalue weighted by atomic mass is 10.1. The summed E-state index contributed by atoms with van der Waals surface area (Å²) in [6.07, 6.45) is 0. The highest BCUT2D eigenvalue weighted by atomic mass is 35.5. The van der Waals surface area contributed by atoms with Crippen LogP contribution < -0.4 is 5.73 Å². The van der Waals surface area contributed by atoms with Gasteiger partial charge in [0.15, 0.2) is 5.78 Å². The van der Waals surface area contributed by atoms with E-state index in [0.29, 0.717) is 16.3 Å². The molecule has 2 nitrogen and oxygen atoms in total. The van der Waals surface area contributed by atoms with E-state index in [4.69, 9.17) is 17.3 Å². The first-order valence-electron chi connectivity index (χ1n) is 3.91. The number of ketones is 1. The molecular formula is C9H8ClNOS. The minimum atomic E-state index is -0.379. The van der Waals surface area contributed by atoms with Crippen LogP contribution in [-0.2, 0) is 0 Å². The third-order valence-corrected chi connectivity index (χ3v) is 3.66. The number of hydrogen-bond acceptors (Lipinski definition) is 3. The molecule has 1 aliphatic heterocycles. The van der Waals surface area contributed by atoms with Crippen LogP contribution in [-0.4, -0.2) is 17.6 Å². The Morgan fingerprint density at radius 3 is 3.08 bits per heavy atom. The number of rotatable bonds is 0. The summed E-state index contributed by atoms with van der Waals surface area (Å²) in [6.45, 7) is 0. The molecule has 68 valence electrons. The van der Waals surface area contributed by atoms with Crippen molar-refractivity contribution in [2.75, 3.05) is 5.75 Å². The summed E-state index contributed by atoms with van der Waals surface area (Å²) in [7, 11) is 0. The molecule has 0 fully saturated rings. The topological polar surface area (TPSA) is 43.1 Å². The van der Waals surface area contributed by atoms with Crippen molar-refractivity contribution in [3.05, 3.63) is 28.8 Å². The third-order valence-electron chi connectivity index (χ3n) is 1.98. The summed E-state index contributed by atoms with van der Waals surface area (Å²) >= 11 is 7.49. The van der Waals surface area contributed by atoms with Gasteiger partial charge < -0.3 is 5.73 Å². The molecule has 0 aliphatic carbocycles. The van der Waals surface area contributed by atoms with E-state index < -0.39 is 0 Å². The van der Waals surface area contributed by atoms with E-state index in [-0.39, 0.29) is 11.8 Å². The van der Waals surface area contributed by atoms with Crippen LogP contribution in [0.15, 0.2) is 23.1 Å². The molecule has 2 rings (SSSR count). The van der Waals surface area contributed by atoms with Gasteiger partial charge in [-0.05, 0) is 6.07 Å². The molecular weight excluding hydrogens is 206 g/mol. The van der Waals surface area contributed by atoms with Gasteiger partial charge in [0.25, 0.3) is 0 Å². The average molecular weight is 214 g/mol. The zero-order chi connectivity index (χ0) is 9.42. The molecule has 1 atom stereocenters. The zero-order valence-corrected chi connectivity index (χ0v) is 8.36. The molecule has 0 bridgehead atoms. The lowest BCUT2D eigenvalue weighted by Crippen LogP contribution is -2.35. The van der Waals surface area contributed by atoms with Crippen molar-refractivity contribution in [1.82, 2.24) is 0 Å². The molecule has 1 aliphatic rings. The maximum absolute atomic E-state index is 11.6. The van der Waals surface area contributed by atoms with Gasteiger partial charge >= 0.3 is 0 Å². The van der Waals surface area contributed by atoms with Gasteiger partial charge in [-0.1, -0.05) is 23.7 Å². The second kappa shape index (κ2) is 3.33. The number of carbonyl (C=O) groups is 1. The Hall–Kier alpha value is -0.510. The maximum atomic E-state index is 11.6. The maximum Gasteiger partial charge on any atom is 0.181 e. The van der Waals surface area contributed by atoms with E-state index in [0.717, 1.165) is 4.90 Å². The van der Waals surface area contributed by atoms with Crippen molar-refractivity contribution < 1.29 is 4.79 Å². The molecule has 1 unspecified atom stereocenters. The van der Waals surface area contributed by atoms with Crippen molar-refractivity contribution in [2.24, 2.45) is 5.73 Å². The number of benzene rings is 1. The Morgan fingerprint density at radius 2 is 2.31 bits per heavy atom. The van der Waals surface area contributed by atoms with Gasteiger partial charge in [0.2, 0.25) is 0 Å². The van der Waals surface area contributed by atoms with Crippen molar-refractivity contribution in [3.63, 3.8) is 0 Å². The highest BCUT2D eigenvalue weighted by molar-refractivity contribution is 7.99. The minimum absolute atomic E-state index is 0.00347. The van der Waals surface area contributed by atoms with E-state index in [2.05, 4.69) is 0 Å². The molecule has 13 heavy (non-hydrogen) atoms. The second-order valence-electron chi connectivity index (χ2n) is 2.90. The number of nitrogens with two attached hydrogens (primary N) is 1. The van der Waals surface area contributed by atoms with Crippen molar-refractivity contribution in [1.29, 1.82) is 0 Å². The van der Waals surface area contributed by atoms with E-state index in [1.807, 2.05) is 0 Å². The number of fused-ring (bicyclic) bond motifs is 1. The molecule has 1 aromatic carbocycles. The van der Waals surface area contributed by atoms with Gasteiger partial charge in [0.1, 0.15) is 0 Å². The van der Waals surface area contributed by atoms with Gasteiger partial charge in [-0.25, -0.2) is 0 Å². The number of halogens is 1. The predicted molar refractivity (Wildman–Crippen MR) is 54.5 cm³/mol. The number of carbonyl (C=O) groups excluding carboxylic acids is 1. The molecule has 4 heteroatoms. The molecule has 0 spiro atoms. The van der Waals surface area contributed by atoms with Crippen LogP contribution in [0.3, 0.4) is 0 Å². The van der Waals surface area contributed by atoms with Crippen LogP contribution in [0.5, 0.6) is 0 Å². The molecule has 2 N–H and O–H groups in total. The highest BCUT2D eigenvalue weighted by Crippen LogP contribution is 2.35. The lowest BCUT2D eigenvalue weighted by molar-refractivity contribution is 0.0964. The van der Waals surface area contributed by atoms with Crippen molar-refractivity contribution in [3.8, 4) is 0 Å². The van der Waals surface area contributed by atoms with Gasteiger partial charge in [0, 0.05) is 16.2 Å². The number of Topliss-reactive ketones (excluding diaryl/α,β-unsaturated/α-hetero) is 1. The number of thioether (sulfide) groups is 1. The van der Waals surface area contributed by atoms with Crippen molar-refractivity contribution in [2.45, 2.75) is 10.9 Å². The van der Waals surface area contributed by atoms with Crippen LogP contribution in [0.4, 0.5) is 0 Å². The monoisotopic (exact) mass is 213 g/mol. The minimum Gasteiger partial charge on any atom is -0.321 e. The van der Waals surface area contributed by atoms with E-state index in [1.54, 1.807) is 30.0 Å². The molecule has 0 amide bonds. The molecule has 1 aromatic rings. The Morgan fingerprint density at radius 1 is 1.54 bits per heavy atom. The van der Waals surface area contributed by atoms with Crippen LogP contribution >= 0.6 is 23.4 Å². The molecule has 0 aromatic heterocycles. The summed E-state index contributed by atoms with van der Waals surface area (Å²) in [5.74, 6) is 0.617. The summed E-state index contributed by atoms with van der Waals surface area (Å²) in [4.78, 5) is 12.4. The Balaban J connectivity index is 2.55. The Labute approximate surface area is 85.4 Å². The Bertz CT molecular complexity index is 367. The molecule has 1 heterocycles. The molecule has 0 saturated heterocycles. The van der Waals surface area contributed by atoms with E-state index in [1.165, 1.54) is 0 Å². The molecule has 0 radical (unpaired) electrons. The van der Waals surface area contributed by atoms with Gasteiger partial charge in [-0.15, -0.1) is 11.8 Å². The van der Waals surface area contributed by atoms with E-state index >= 15 is 0 Å². The predicted octanol–water partition coefficient (Wildman–Crippen LogP) is 1.96. The lowest BCUT2D eigenvalue weighted by Gasteiger charge is -2.19. The first-order valence-corrected chi connectivity index (χ1v) is 5.27. The summed E-state index contributed by atoms with van der Waals surface area (Å²) in [6, 6.07) is 4.96. The highest BCUT2D eigenvalue weighted by Gasteiger charge is 2.25. The SMILES string of the molecule is NC1CSc2c(Cl)cccc2C1=O. The zero-order valence-electron chi connectivity index (χ0n) is 6.79. The van der Waals surface area contributed by atoms with Gasteiger partial charge in [-0.2, -0.15) is 0 Å². The first-order chi connectivity index (χ1) is 6.20. The fourth-order valence-electron chi connectivity index (χ4n) is 1.30. The van der Waals surface area contributed by atoms with Crippen LogP contribution in [0.2, 0.25) is 5.02 Å². The average Bonchev–Trinajstić information content (AvgIpc) is 2.12. The normalized spacial score (nSPS) is 21.4.